The molecule has 0 unspecified atom stereocenters. The van der Waals surface area contributed by atoms with Gasteiger partial charge in [0.1, 0.15) is 11.6 Å². The van der Waals surface area contributed by atoms with Crippen LogP contribution in [0.4, 0.5) is 26.0 Å². The van der Waals surface area contributed by atoms with Crippen LogP contribution in [0.1, 0.15) is 39.2 Å². The van der Waals surface area contributed by atoms with E-state index in [4.69, 9.17) is 5.41 Å². The van der Waals surface area contributed by atoms with E-state index in [1.54, 1.807) is 18.3 Å². The number of hydrogen-bond donors (Lipinski definition) is 3. The van der Waals surface area contributed by atoms with Gasteiger partial charge in [-0.3, -0.25) is 0 Å². The van der Waals surface area contributed by atoms with E-state index in [2.05, 4.69) is 28.9 Å². The zero-order valence-corrected chi connectivity index (χ0v) is 17.5. The molecule has 3 rings (SSSR count). The summed E-state index contributed by atoms with van der Waals surface area (Å²) in [4.78, 5) is 6.49. The molecule has 30 heavy (non-hydrogen) atoms. The van der Waals surface area contributed by atoms with Gasteiger partial charge in [-0.2, -0.15) is 8.78 Å². The molecule has 0 spiro atoms. The Morgan fingerprint density at radius 1 is 1.27 bits per heavy atom. The molecule has 162 valence electrons. The normalized spacial score (nSPS) is 14.6. The Morgan fingerprint density at radius 3 is 2.43 bits per heavy atom. The lowest BCUT2D eigenvalue weighted by molar-refractivity contribution is -0.158. The second-order valence-electron chi connectivity index (χ2n) is 7.60. The van der Waals surface area contributed by atoms with E-state index in [0.29, 0.717) is 42.8 Å². The summed E-state index contributed by atoms with van der Waals surface area (Å²) in [6.45, 7) is 5.84. The number of nitrogens with one attached hydrogen (secondary N) is 2. The van der Waals surface area contributed by atoms with E-state index < -0.39 is 6.11 Å². The van der Waals surface area contributed by atoms with Crippen LogP contribution in [0, 0.1) is 11.3 Å². The summed E-state index contributed by atoms with van der Waals surface area (Å²) in [5.41, 5.74) is 2.71. The van der Waals surface area contributed by atoms with Crippen molar-refractivity contribution in [2.24, 2.45) is 5.92 Å². The number of anilines is 3. The lowest BCUT2D eigenvalue weighted by atomic mass is 9.90. The highest BCUT2D eigenvalue weighted by Gasteiger charge is 2.30. The van der Waals surface area contributed by atoms with Gasteiger partial charge in [-0.25, -0.2) is 4.98 Å². The first-order valence-corrected chi connectivity index (χ1v) is 10.2. The fourth-order valence-corrected chi connectivity index (χ4v) is 3.58. The predicted molar refractivity (Wildman–Crippen MR) is 114 cm³/mol. The molecule has 0 saturated carbocycles. The summed E-state index contributed by atoms with van der Waals surface area (Å²) in [6.07, 6.45) is -0.272. The average molecular weight is 418 g/mol. The van der Waals surface area contributed by atoms with Crippen LogP contribution < -0.4 is 15.0 Å². The van der Waals surface area contributed by atoms with Gasteiger partial charge in [0.2, 0.25) is 0 Å². The number of aliphatic hydroxyl groups excluding tert-OH is 1. The molecule has 1 saturated heterocycles. The molecule has 0 amide bonds. The first kappa shape index (κ1) is 22.0. The molecule has 1 aliphatic heterocycles. The number of alkyl halides is 2. The van der Waals surface area contributed by atoms with Crippen molar-refractivity contribution >= 4 is 22.9 Å². The van der Waals surface area contributed by atoms with Crippen LogP contribution in [0.2, 0.25) is 0 Å². The van der Waals surface area contributed by atoms with Gasteiger partial charge in [-0.15, -0.1) is 0 Å². The Bertz CT molecular complexity index is 874. The Morgan fingerprint density at radius 2 is 1.90 bits per heavy atom. The largest absolute Gasteiger partial charge is 0.433 e. The summed E-state index contributed by atoms with van der Waals surface area (Å²) in [5, 5.41) is 21.8. The second kappa shape index (κ2) is 8.95. The third-order valence-corrected chi connectivity index (χ3v) is 5.21. The number of aliphatic hydroxyl groups is 1. The Hall–Kier alpha value is -2.74. The van der Waals surface area contributed by atoms with Crippen molar-refractivity contribution in [3.05, 3.63) is 42.1 Å². The molecule has 0 radical (unpaired) electrons. The number of hydrogen-bond acceptors (Lipinski definition) is 6. The van der Waals surface area contributed by atoms with Crippen molar-refractivity contribution in [1.82, 2.24) is 4.98 Å². The monoisotopic (exact) mass is 418 g/mol. The summed E-state index contributed by atoms with van der Waals surface area (Å²) in [6, 6.07) is 8.05. The minimum Gasteiger partial charge on any atom is -0.433 e. The lowest BCUT2D eigenvalue weighted by Gasteiger charge is -2.39. The van der Waals surface area contributed by atoms with Gasteiger partial charge < -0.3 is 25.5 Å². The molecule has 1 fully saturated rings. The van der Waals surface area contributed by atoms with Crippen LogP contribution in [-0.4, -0.2) is 41.1 Å². The molecule has 0 aliphatic carbocycles. The third kappa shape index (κ3) is 5.05. The second-order valence-corrected chi connectivity index (χ2v) is 7.60. The molecule has 2 heterocycles. The molecule has 1 aliphatic rings. The smallest absolute Gasteiger partial charge is 0.394 e. The number of benzene rings is 1. The van der Waals surface area contributed by atoms with Crippen LogP contribution in [0.15, 0.2) is 36.5 Å². The predicted octanol–water partition coefficient (Wildman–Crippen LogP) is 4.80. The van der Waals surface area contributed by atoms with E-state index >= 15 is 0 Å². The van der Waals surface area contributed by atoms with Crippen molar-refractivity contribution in [2.45, 2.75) is 45.8 Å². The number of ether oxygens (including phenoxy) is 1. The molecule has 0 bridgehead atoms. The fraction of sp³-hybridized carbons (Fsp3) is 0.455. The maximum Gasteiger partial charge on any atom is 0.394 e. The van der Waals surface area contributed by atoms with Gasteiger partial charge in [-0.1, -0.05) is 13.8 Å². The highest BCUT2D eigenvalue weighted by molar-refractivity contribution is 6.09. The van der Waals surface area contributed by atoms with E-state index in [-0.39, 0.29) is 17.8 Å². The molecular weight excluding hydrogens is 390 g/mol. The molecule has 8 heteroatoms. The minimum absolute atomic E-state index is 0.0642. The zero-order valence-electron chi connectivity index (χ0n) is 17.5. The Balaban J connectivity index is 1.92. The quantitative estimate of drug-likeness (QED) is 0.510. The van der Waals surface area contributed by atoms with Crippen molar-refractivity contribution in [2.75, 3.05) is 23.3 Å². The first-order valence-electron chi connectivity index (χ1n) is 10.2. The summed E-state index contributed by atoms with van der Waals surface area (Å²) < 4.78 is 30.6. The van der Waals surface area contributed by atoms with Crippen LogP contribution in [0.25, 0.3) is 0 Å². The number of aromatic nitrogens is 1. The summed E-state index contributed by atoms with van der Waals surface area (Å²) in [7, 11) is 0. The van der Waals surface area contributed by atoms with Gasteiger partial charge in [0.25, 0.3) is 0 Å². The number of pyridine rings is 1. The molecule has 3 N–H and O–H groups in total. The van der Waals surface area contributed by atoms with Gasteiger partial charge in [0.15, 0.2) is 0 Å². The van der Waals surface area contributed by atoms with E-state index in [9.17, 15) is 13.9 Å². The third-order valence-electron chi connectivity index (χ3n) is 5.21. The topological polar surface area (TPSA) is 81.5 Å². The van der Waals surface area contributed by atoms with Crippen LogP contribution in [-0.2, 0) is 0 Å². The van der Waals surface area contributed by atoms with Crippen LogP contribution in [0.5, 0.6) is 5.75 Å². The van der Waals surface area contributed by atoms with Crippen LogP contribution >= 0.6 is 0 Å². The number of rotatable bonds is 9. The molecule has 2 aromatic rings. The van der Waals surface area contributed by atoms with Gasteiger partial charge >= 0.3 is 6.11 Å². The van der Waals surface area contributed by atoms with Gasteiger partial charge in [0.05, 0.1) is 17.4 Å². The molecule has 1 aromatic carbocycles. The van der Waals surface area contributed by atoms with E-state index in [0.717, 1.165) is 18.5 Å². The van der Waals surface area contributed by atoms with E-state index in [1.807, 2.05) is 11.0 Å². The average Bonchev–Trinajstić information content (AvgIpc) is 2.66. The van der Waals surface area contributed by atoms with Crippen molar-refractivity contribution in [3.8, 4) is 5.75 Å². The first-order chi connectivity index (χ1) is 14.2. The van der Waals surface area contributed by atoms with Crippen molar-refractivity contribution < 1.29 is 18.6 Å². The molecule has 1 aromatic heterocycles. The summed E-state index contributed by atoms with van der Waals surface area (Å²) >= 11 is 0. The fourth-order valence-electron chi connectivity index (χ4n) is 3.58. The van der Waals surface area contributed by atoms with E-state index in [1.165, 1.54) is 12.1 Å². The van der Waals surface area contributed by atoms with Crippen LogP contribution in [0.3, 0.4) is 0 Å². The molecule has 6 nitrogen and oxygen atoms in total. The molecule has 0 atom stereocenters. The maximum atomic E-state index is 13.0. The Labute approximate surface area is 175 Å². The lowest BCUT2D eigenvalue weighted by Crippen LogP contribution is -2.51. The van der Waals surface area contributed by atoms with Gasteiger partial charge in [-0.05, 0) is 43.2 Å². The van der Waals surface area contributed by atoms with Crippen molar-refractivity contribution in [1.29, 1.82) is 5.41 Å². The standard InChI is InChI=1S/C22H28F2N4O2/c1-4-14(5-2)20(25)19-18(28-12-16(29)13-28)10-11-26-21(19)27-15-6-8-17(9-7-15)30-22(3,23)24/h6-11,14,16,25,29H,4-5,12-13H2,1-3H3,(H,26,27). The highest BCUT2D eigenvalue weighted by Crippen LogP contribution is 2.34. The highest BCUT2D eigenvalue weighted by atomic mass is 19.3. The zero-order chi connectivity index (χ0) is 21.9. The minimum atomic E-state index is -3.25. The summed E-state index contributed by atoms with van der Waals surface area (Å²) in [5.74, 6) is 0.678. The SMILES string of the molecule is CCC(CC)C(=N)c1c(N2CC(O)C2)ccnc1Nc1ccc(OC(C)(F)F)cc1. The maximum absolute atomic E-state index is 13.0. The molecular formula is C22H28F2N4O2. The number of halogens is 2. The Kier molecular flexibility index (Phi) is 6.55. The number of nitrogens with zero attached hydrogens (tertiary/aromatic N) is 2. The van der Waals surface area contributed by atoms with Crippen molar-refractivity contribution in [3.63, 3.8) is 0 Å². The number of β-amino-alcohol motifs (C(OH)–C–C–N with tert-alkyl or cyclic N) is 1. The van der Waals surface area contributed by atoms with Gasteiger partial charge in [0, 0.05) is 43.5 Å².